The molecule has 3 rings (SSSR count). The van der Waals surface area contributed by atoms with E-state index in [0.717, 1.165) is 22.4 Å². The van der Waals surface area contributed by atoms with Gasteiger partial charge in [0.15, 0.2) is 5.82 Å². The second-order valence-electron chi connectivity index (χ2n) is 5.94. The smallest absolute Gasteiger partial charge is 0.274 e. The third-order valence-electron chi connectivity index (χ3n) is 3.67. The SMILES string of the molecule is Cc1cc(C)c(NC(=O)c2ccnc(Nc3cc(C)on3)n2)c(C)c1. The molecule has 0 bridgehead atoms. The summed E-state index contributed by atoms with van der Waals surface area (Å²) in [6.45, 7) is 7.75. The van der Waals surface area contributed by atoms with Gasteiger partial charge in [-0.2, -0.15) is 0 Å². The van der Waals surface area contributed by atoms with Crippen LogP contribution in [0.3, 0.4) is 0 Å². The number of rotatable bonds is 4. The first-order valence-corrected chi connectivity index (χ1v) is 7.85. The van der Waals surface area contributed by atoms with Crippen molar-refractivity contribution < 1.29 is 9.32 Å². The first kappa shape index (κ1) is 16.6. The zero-order chi connectivity index (χ0) is 18.0. The average molecular weight is 337 g/mol. The molecule has 7 nitrogen and oxygen atoms in total. The Kier molecular flexibility index (Phi) is 4.47. The van der Waals surface area contributed by atoms with Crippen LogP contribution in [0.2, 0.25) is 0 Å². The van der Waals surface area contributed by atoms with Crippen molar-refractivity contribution in [3.05, 3.63) is 58.6 Å². The minimum absolute atomic E-state index is 0.261. The van der Waals surface area contributed by atoms with Gasteiger partial charge >= 0.3 is 0 Å². The lowest BCUT2D eigenvalue weighted by molar-refractivity contribution is 0.102. The van der Waals surface area contributed by atoms with Gasteiger partial charge < -0.3 is 15.2 Å². The Morgan fingerprint density at radius 3 is 2.44 bits per heavy atom. The molecular formula is C18H19N5O2. The second kappa shape index (κ2) is 6.72. The Labute approximate surface area is 145 Å². The lowest BCUT2D eigenvalue weighted by atomic mass is 10.1. The lowest BCUT2D eigenvalue weighted by Gasteiger charge is -2.12. The molecule has 1 aromatic carbocycles. The van der Waals surface area contributed by atoms with Crippen molar-refractivity contribution in [1.82, 2.24) is 15.1 Å². The number of hydrogen-bond donors (Lipinski definition) is 2. The Morgan fingerprint density at radius 2 is 1.80 bits per heavy atom. The molecule has 0 spiro atoms. The van der Waals surface area contributed by atoms with E-state index >= 15 is 0 Å². The van der Waals surface area contributed by atoms with E-state index in [1.165, 1.54) is 6.20 Å². The molecule has 25 heavy (non-hydrogen) atoms. The number of carbonyl (C=O) groups is 1. The molecule has 2 N–H and O–H groups in total. The summed E-state index contributed by atoms with van der Waals surface area (Å²) in [5, 5.41) is 9.65. The predicted octanol–water partition coefficient (Wildman–Crippen LogP) is 3.69. The summed E-state index contributed by atoms with van der Waals surface area (Å²) in [7, 11) is 0. The number of aromatic nitrogens is 3. The summed E-state index contributed by atoms with van der Waals surface area (Å²) in [5.74, 6) is 1.14. The van der Waals surface area contributed by atoms with Crippen molar-refractivity contribution >= 4 is 23.4 Å². The molecule has 1 amide bonds. The Morgan fingerprint density at radius 1 is 1.08 bits per heavy atom. The summed E-state index contributed by atoms with van der Waals surface area (Å²) in [6.07, 6.45) is 1.52. The van der Waals surface area contributed by atoms with Crippen molar-refractivity contribution in [2.75, 3.05) is 10.6 Å². The maximum absolute atomic E-state index is 12.5. The fraction of sp³-hybridized carbons (Fsp3) is 0.222. The van der Waals surface area contributed by atoms with E-state index in [1.807, 2.05) is 32.9 Å². The highest BCUT2D eigenvalue weighted by Gasteiger charge is 2.13. The van der Waals surface area contributed by atoms with Gasteiger partial charge in [0.05, 0.1) is 0 Å². The molecule has 2 heterocycles. The fourth-order valence-corrected chi connectivity index (χ4v) is 2.64. The highest BCUT2D eigenvalue weighted by atomic mass is 16.5. The zero-order valence-corrected chi connectivity index (χ0v) is 14.5. The van der Waals surface area contributed by atoms with Crippen LogP contribution in [0.15, 0.2) is 35.0 Å². The van der Waals surface area contributed by atoms with E-state index in [2.05, 4.69) is 25.8 Å². The lowest BCUT2D eigenvalue weighted by Crippen LogP contribution is -2.16. The Balaban J connectivity index is 1.80. The summed E-state index contributed by atoms with van der Waals surface area (Å²) in [4.78, 5) is 20.9. The number of aryl methyl sites for hydroxylation is 4. The molecule has 0 unspecified atom stereocenters. The zero-order valence-electron chi connectivity index (χ0n) is 14.5. The molecule has 0 saturated carbocycles. The number of nitrogens with zero attached hydrogens (tertiary/aromatic N) is 3. The molecule has 0 fully saturated rings. The molecule has 128 valence electrons. The van der Waals surface area contributed by atoms with Crippen LogP contribution in [0.25, 0.3) is 0 Å². The normalized spacial score (nSPS) is 10.6. The van der Waals surface area contributed by atoms with Crippen LogP contribution in [-0.2, 0) is 0 Å². The van der Waals surface area contributed by atoms with Gasteiger partial charge in [-0.1, -0.05) is 22.9 Å². The molecule has 0 aliphatic carbocycles. The van der Waals surface area contributed by atoms with Gasteiger partial charge in [-0.05, 0) is 44.9 Å². The highest BCUT2D eigenvalue weighted by Crippen LogP contribution is 2.22. The largest absolute Gasteiger partial charge is 0.360 e. The molecule has 0 saturated heterocycles. The van der Waals surface area contributed by atoms with E-state index in [4.69, 9.17) is 4.52 Å². The van der Waals surface area contributed by atoms with Crippen LogP contribution >= 0.6 is 0 Å². The van der Waals surface area contributed by atoms with Crippen LogP contribution in [-0.4, -0.2) is 21.0 Å². The van der Waals surface area contributed by atoms with Crippen LogP contribution in [0.4, 0.5) is 17.5 Å². The van der Waals surface area contributed by atoms with Gasteiger partial charge in [0.1, 0.15) is 11.5 Å². The number of carbonyl (C=O) groups excluding carboxylic acids is 1. The third kappa shape index (κ3) is 3.82. The number of nitrogens with one attached hydrogen (secondary N) is 2. The molecule has 0 aliphatic heterocycles. The van der Waals surface area contributed by atoms with E-state index in [9.17, 15) is 4.79 Å². The predicted molar refractivity (Wildman–Crippen MR) is 95.2 cm³/mol. The first-order chi connectivity index (χ1) is 11.9. The maximum Gasteiger partial charge on any atom is 0.274 e. The number of hydrogen-bond acceptors (Lipinski definition) is 6. The Hall–Kier alpha value is -3.22. The summed E-state index contributed by atoms with van der Waals surface area (Å²) < 4.78 is 4.98. The standard InChI is InChI=1S/C18H19N5O2/c1-10-7-11(2)16(12(3)8-10)22-17(24)14-5-6-19-18(20-14)21-15-9-13(4)25-23-15/h5-9H,1-4H3,(H,22,24)(H,19,20,21,23). The average Bonchev–Trinajstić information content (AvgIpc) is 2.96. The van der Waals surface area contributed by atoms with Crippen molar-refractivity contribution in [3.63, 3.8) is 0 Å². The highest BCUT2D eigenvalue weighted by molar-refractivity contribution is 6.03. The van der Waals surface area contributed by atoms with Gasteiger partial charge in [-0.25, -0.2) is 9.97 Å². The van der Waals surface area contributed by atoms with Gasteiger partial charge in [0, 0.05) is 18.0 Å². The molecule has 7 heteroatoms. The van der Waals surface area contributed by atoms with Crippen LogP contribution in [0.1, 0.15) is 32.9 Å². The van der Waals surface area contributed by atoms with Crippen LogP contribution in [0, 0.1) is 27.7 Å². The molecule has 3 aromatic rings. The van der Waals surface area contributed by atoms with E-state index in [0.29, 0.717) is 11.6 Å². The maximum atomic E-state index is 12.5. The number of amides is 1. The number of anilines is 3. The quantitative estimate of drug-likeness (QED) is 0.754. The first-order valence-electron chi connectivity index (χ1n) is 7.85. The monoisotopic (exact) mass is 337 g/mol. The van der Waals surface area contributed by atoms with Crippen LogP contribution in [0.5, 0.6) is 0 Å². The van der Waals surface area contributed by atoms with Crippen molar-refractivity contribution in [2.45, 2.75) is 27.7 Å². The van der Waals surface area contributed by atoms with Gasteiger partial charge in [-0.15, -0.1) is 0 Å². The van der Waals surface area contributed by atoms with Gasteiger partial charge in [0.25, 0.3) is 5.91 Å². The topological polar surface area (TPSA) is 92.9 Å². The molecule has 0 atom stereocenters. The fourth-order valence-electron chi connectivity index (χ4n) is 2.64. The van der Waals surface area contributed by atoms with Crippen molar-refractivity contribution in [1.29, 1.82) is 0 Å². The summed E-state index contributed by atoms with van der Waals surface area (Å²) in [5.41, 5.74) is 4.24. The van der Waals surface area contributed by atoms with Crippen molar-refractivity contribution in [2.24, 2.45) is 0 Å². The second-order valence-corrected chi connectivity index (χ2v) is 5.94. The summed E-state index contributed by atoms with van der Waals surface area (Å²) >= 11 is 0. The number of benzene rings is 1. The van der Waals surface area contributed by atoms with Crippen molar-refractivity contribution in [3.8, 4) is 0 Å². The van der Waals surface area contributed by atoms with Gasteiger partial charge in [0.2, 0.25) is 5.95 Å². The van der Waals surface area contributed by atoms with E-state index < -0.39 is 0 Å². The van der Waals surface area contributed by atoms with E-state index in [1.54, 1.807) is 19.1 Å². The summed E-state index contributed by atoms with van der Waals surface area (Å²) in [6, 6.07) is 7.34. The van der Waals surface area contributed by atoms with E-state index in [-0.39, 0.29) is 17.5 Å². The minimum Gasteiger partial charge on any atom is -0.360 e. The third-order valence-corrected chi connectivity index (χ3v) is 3.67. The molecule has 2 aromatic heterocycles. The molecule has 0 radical (unpaired) electrons. The molecular weight excluding hydrogens is 318 g/mol. The van der Waals surface area contributed by atoms with Crippen LogP contribution < -0.4 is 10.6 Å². The molecule has 0 aliphatic rings. The minimum atomic E-state index is -0.295. The van der Waals surface area contributed by atoms with Gasteiger partial charge in [-0.3, -0.25) is 4.79 Å². The Bertz CT molecular complexity index is 910.